The molecule has 1 rings (SSSR count). The zero-order valence-corrected chi connectivity index (χ0v) is 12.3. The quantitative estimate of drug-likeness (QED) is 0.617. The van der Waals surface area contributed by atoms with Gasteiger partial charge in [0.05, 0.1) is 5.69 Å². The van der Waals surface area contributed by atoms with Crippen LogP contribution in [0.15, 0.2) is 12.7 Å². The van der Waals surface area contributed by atoms with Crippen LogP contribution in [-0.2, 0) is 18.4 Å². The predicted molar refractivity (Wildman–Crippen MR) is 78.8 cm³/mol. The highest BCUT2D eigenvalue weighted by Gasteiger charge is 2.23. The third-order valence-electron chi connectivity index (χ3n) is 3.08. The van der Waals surface area contributed by atoms with Crippen molar-refractivity contribution in [1.82, 2.24) is 9.55 Å². The number of anilines is 1. The highest BCUT2D eigenvalue weighted by atomic mass is 15.1. The molecule has 3 heteroatoms. The van der Waals surface area contributed by atoms with Gasteiger partial charge >= 0.3 is 0 Å². The van der Waals surface area contributed by atoms with Gasteiger partial charge in [-0.3, -0.25) is 0 Å². The third-order valence-corrected chi connectivity index (χ3v) is 3.08. The first-order valence-corrected chi connectivity index (χ1v) is 6.88. The number of rotatable bonds is 6. The number of imidazole rings is 1. The Kier molecular flexibility index (Phi) is 5.00. The van der Waals surface area contributed by atoms with E-state index in [4.69, 9.17) is 10.7 Å². The maximum Gasteiger partial charge on any atom is 0.127 e. The maximum absolute atomic E-state index is 6.22. The smallest absolute Gasteiger partial charge is 0.127 e. The lowest BCUT2D eigenvalue weighted by Gasteiger charge is -2.19. The molecule has 0 saturated carbocycles. The summed E-state index contributed by atoms with van der Waals surface area (Å²) in [5.41, 5.74) is 7.29. The van der Waals surface area contributed by atoms with Crippen LogP contribution in [0.3, 0.4) is 0 Å². The number of unbranched alkanes of at least 4 members (excludes halogenated alkanes) is 2. The molecule has 1 aromatic rings. The molecule has 0 aromatic carbocycles. The summed E-state index contributed by atoms with van der Waals surface area (Å²) in [6.07, 6.45) is 6.48. The lowest BCUT2D eigenvalue weighted by Crippen LogP contribution is -2.19. The Labute approximate surface area is 111 Å². The Balaban J connectivity index is 3.03. The first-order chi connectivity index (χ1) is 8.41. The number of nitrogens with zero attached hydrogens (tertiary/aromatic N) is 2. The SMILES string of the molecule is C=CCn1c(C(C)(C)C)nc(CCCCC)c1N. The van der Waals surface area contributed by atoms with Crippen LogP contribution in [-0.4, -0.2) is 9.55 Å². The van der Waals surface area contributed by atoms with E-state index in [9.17, 15) is 0 Å². The molecular weight excluding hydrogens is 222 g/mol. The summed E-state index contributed by atoms with van der Waals surface area (Å²) in [6, 6.07) is 0. The van der Waals surface area contributed by atoms with Crippen molar-refractivity contribution >= 4 is 5.82 Å². The van der Waals surface area contributed by atoms with Crippen molar-refractivity contribution in [3.63, 3.8) is 0 Å². The highest BCUT2D eigenvalue weighted by Crippen LogP contribution is 2.27. The molecule has 3 nitrogen and oxygen atoms in total. The van der Waals surface area contributed by atoms with E-state index in [0.29, 0.717) is 0 Å². The number of aromatic nitrogens is 2. The van der Waals surface area contributed by atoms with Crippen molar-refractivity contribution in [3.05, 3.63) is 24.2 Å². The van der Waals surface area contributed by atoms with Crippen LogP contribution in [0.1, 0.15) is 58.5 Å². The molecule has 1 heterocycles. The number of hydrogen-bond acceptors (Lipinski definition) is 2. The van der Waals surface area contributed by atoms with Gasteiger partial charge in [-0.2, -0.15) is 0 Å². The highest BCUT2D eigenvalue weighted by molar-refractivity contribution is 5.40. The standard InChI is InChI=1S/C15H27N3/c1-6-8-9-10-12-13(16)18(11-7-2)14(17-12)15(3,4)5/h7H,2,6,8-11,16H2,1,3-5H3. The summed E-state index contributed by atoms with van der Waals surface area (Å²) >= 11 is 0. The minimum atomic E-state index is 0.0140. The molecule has 0 aliphatic carbocycles. The summed E-state index contributed by atoms with van der Waals surface area (Å²) < 4.78 is 2.09. The molecule has 102 valence electrons. The Morgan fingerprint density at radius 1 is 1.33 bits per heavy atom. The first-order valence-electron chi connectivity index (χ1n) is 6.88. The molecule has 0 amide bonds. The number of nitrogen functional groups attached to an aromatic ring is 1. The van der Waals surface area contributed by atoms with Crippen LogP contribution in [0.2, 0.25) is 0 Å². The van der Waals surface area contributed by atoms with Gasteiger partial charge in [-0.15, -0.1) is 6.58 Å². The van der Waals surface area contributed by atoms with E-state index in [1.165, 1.54) is 12.8 Å². The van der Waals surface area contributed by atoms with Crippen molar-refractivity contribution in [3.8, 4) is 0 Å². The summed E-state index contributed by atoms with van der Waals surface area (Å²) in [5, 5.41) is 0. The first kappa shape index (κ1) is 14.8. The van der Waals surface area contributed by atoms with Crippen molar-refractivity contribution < 1.29 is 0 Å². The van der Waals surface area contributed by atoms with Crippen LogP contribution in [0.5, 0.6) is 0 Å². The molecule has 0 aliphatic rings. The van der Waals surface area contributed by atoms with Crippen LogP contribution in [0.4, 0.5) is 5.82 Å². The largest absolute Gasteiger partial charge is 0.384 e. The van der Waals surface area contributed by atoms with Gasteiger partial charge in [0, 0.05) is 12.0 Å². The number of aryl methyl sites for hydroxylation is 1. The summed E-state index contributed by atoms with van der Waals surface area (Å²) in [4.78, 5) is 4.76. The average Bonchev–Trinajstić information content (AvgIpc) is 2.58. The lowest BCUT2D eigenvalue weighted by atomic mass is 9.95. The van der Waals surface area contributed by atoms with Crippen LogP contribution >= 0.6 is 0 Å². The van der Waals surface area contributed by atoms with Crippen molar-refractivity contribution in [1.29, 1.82) is 0 Å². The van der Waals surface area contributed by atoms with E-state index < -0.39 is 0 Å². The van der Waals surface area contributed by atoms with Gasteiger partial charge < -0.3 is 10.3 Å². The molecule has 0 saturated heterocycles. The van der Waals surface area contributed by atoms with E-state index in [1.54, 1.807) is 0 Å². The Bertz CT molecular complexity index is 397. The fourth-order valence-electron chi connectivity index (χ4n) is 2.13. The van der Waals surface area contributed by atoms with Crippen LogP contribution in [0.25, 0.3) is 0 Å². The molecule has 2 N–H and O–H groups in total. The fourth-order valence-corrected chi connectivity index (χ4v) is 2.13. The van der Waals surface area contributed by atoms with Crippen LogP contribution < -0.4 is 5.73 Å². The molecule has 0 aliphatic heterocycles. The van der Waals surface area contributed by atoms with E-state index in [2.05, 4.69) is 38.8 Å². The zero-order valence-electron chi connectivity index (χ0n) is 12.3. The van der Waals surface area contributed by atoms with Gasteiger partial charge in [-0.05, 0) is 12.8 Å². The fraction of sp³-hybridized carbons (Fsp3) is 0.667. The molecule has 0 spiro atoms. The topological polar surface area (TPSA) is 43.8 Å². The normalized spacial score (nSPS) is 11.8. The summed E-state index contributed by atoms with van der Waals surface area (Å²) in [5.74, 6) is 1.88. The Morgan fingerprint density at radius 3 is 2.50 bits per heavy atom. The molecule has 0 radical (unpaired) electrons. The summed E-state index contributed by atoms with van der Waals surface area (Å²) in [6.45, 7) is 13.3. The van der Waals surface area contributed by atoms with Gasteiger partial charge in [0.15, 0.2) is 0 Å². The Hall–Kier alpha value is -1.25. The van der Waals surface area contributed by atoms with E-state index >= 15 is 0 Å². The second-order valence-corrected chi connectivity index (χ2v) is 5.87. The third kappa shape index (κ3) is 3.37. The molecular formula is C15H27N3. The van der Waals surface area contributed by atoms with E-state index in [-0.39, 0.29) is 5.41 Å². The Morgan fingerprint density at radius 2 is 2.00 bits per heavy atom. The minimum absolute atomic E-state index is 0.0140. The predicted octanol–water partition coefficient (Wildman–Crippen LogP) is 3.68. The molecule has 1 aromatic heterocycles. The van der Waals surface area contributed by atoms with E-state index in [1.807, 2.05) is 6.08 Å². The molecule has 0 fully saturated rings. The molecule has 0 unspecified atom stereocenters. The van der Waals surface area contributed by atoms with Gasteiger partial charge in [-0.25, -0.2) is 4.98 Å². The molecule has 0 atom stereocenters. The van der Waals surface area contributed by atoms with Gasteiger partial charge in [0.2, 0.25) is 0 Å². The average molecular weight is 249 g/mol. The number of allylic oxidation sites excluding steroid dienone is 1. The number of nitrogens with two attached hydrogens (primary N) is 1. The van der Waals surface area contributed by atoms with Crippen molar-refractivity contribution in [2.24, 2.45) is 0 Å². The van der Waals surface area contributed by atoms with Gasteiger partial charge in [0.1, 0.15) is 11.6 Å². The monoisotopic (exact) mass is 249 g/mol. The summed E-state index contributed by atoms with van der Waals surface area (Å²) in [7, 11) is 0. The molecule has 0 bridgehead atoms. The number of hydrogen-bond donors (Lipinski definition) is 1. The van der Waals surface area contributed by atoms with Crippen LogP contribution in [0, 0.1) is 0 Å². The zero-order chi connectivity index (χ0) is 13.8. The second-order valence-electron chi connectivity index (χ2n) is 5.87. The van der Waals surface area contributed by atoms with Gasteiger partial charge in [-0.1, -0.05) is 46.6 Å². The maximum atomic E-state index is 6.22. The molecule has 18 heavy (non-hydrogen) atoms. The van der Waals surface area contributed by atoms with Crippen molar-refractivity contribution in [2.45, 2.75) is 65.3 Å². The second kappa shape index (κ2) is 6.07. The minimum Gasteiger partial charge on any atom is -0.384 e. The van der Waals surface area contributed by atoms with Gasteiger partial charge in [0.25, 0.3) is 0 Å². The lowest BCUT2D eigenvalue weighted by molar-refractivity contribution is 0.514. The van der Waals surface area contributed by atoms with Crippen molar-refractivity contribution in [2.75, 3.05) is 5.73 Å². The van der Waals surface area contributed by atoms with E-state index in [0.717, 1.165) is 36.7 Å².